The summed E-state index contributed by atoms with van der Waals surface area (Å²) in [5, 5.41) is 0. The zero-order valence-corrected chi connectivity index (χ0v) is 12.5. The third kappa shape index (κ3) is 2.93. The van der Waals surface area contributed by atoms with Gasteiger partial charge >= 0.3 is 0 Å². The van der Waals surface area contributed by atoms with E-state index in [4.69, 9.17) is 5.73 Å². The number of anilines is 1. The van der Waals surface area contributed by atoms with Crippen LogP contribution in [0.3, 0.4) is 0 Å². The minimum atomic E-state index is -0.0221. The van der Waals surface area contributed by atoms with Gasteiger partial charge in [-0.3, -0.25) is 4.79 Å². The maximum Gasteiger partial charge on any atom is 0.254 e. The number of pyridine rings is 1. The van der Waals surface area contributed by atoms with Crippen LogP contribution in [0.1, 0.15) is 36.5 Å². The first-order valence-corrected chi connectivity index (χ1v) is 7.20. The second kappa shape index (κ2) is 6.22. The molecule has 110 valence electrons. The second-order valence-electron chi connectivity index (χ2n) is 5.68. The summed E-state index contributed by atoms with van der Waals surface area (Å²) in [6.45, 7) is 2.85. The van der Waals surface area contributed by atoms with Crippen molar-refractivity contribution in [2.75, 3.05) is 25.5 Å². The molecule has 1 aliphatic heterocycles. The Balaban J connectivity index is 2.21. The van der Waals surface area contributed by atoms with E-state index in [0.29, 0.717) is 24.2 Å². The molecule has 2 N–H and O–H groups in total. The van der Waals surface area contributed by atoms with Gasteiger partial charge in [-0.25, -0.2) is 4.98 Å². The van der Waals surface area contributed by atoms with E-state index >= 15 is 0 Å². The van der Waals surface area contributed by atoms with Crippen molar-refractivity contribution >= 4 is 11.7 Å². The average molecular weight is 276 g/mol. The maximum atomic E-state index is 11.9. The minimum Gasteiger partial charge on any atom is -0.350 e. The van der Waals surface area contributed by atoms with Crippen molar-refractivity contribution in [3.05, 3.63) is 23.9 Å². The molecule has 1 aromatic rings. The highest BCUT2D eigenvalue weighted by Crippen LogP contribution is 2.27. The zero-order valence-electron chi connectivity index (χ0n) is 12.5. The number of nitrogens with two attached hydrogens (primary N) is 1. The number of hydrogen-bond donors (Lipinski definition) is 1. The zero-order chi connectivity index (χ0) is 14.7. The molecule has 2 heterocycles. The van der Waals surface area contributed by atoms with E-state index in [1.54, 1.807) is 25.2 Å². The quantitative estimate of drug-likeness (QED) is 0.908. The summed E-state index contributed by atoms with van der Waals surface area (Å²) in [7, 11) is 3.49. The average Bonchev–Trinajstić information content (AvgIpc) is 2.46. The molecule has 1 aromatic heterocycles. The fourth-order valence-corrected chi connectivity index (χ4v) is 2.85. The van der Waals surface area contributed by atoms with E-state index in [2.05, 4.69) is 16.8 Å². The smallest absolute Gasteiger partial charge is 0.254 e. The third-order valence-electron chi connectivity index (χ3n) is 3.97. The molecular formula is C15H24N4O. The van der Waals surface area contributed by atoms with Gasteiger partial charge in [0.15, 0.2) is 0 Å². The summed E-state index contributed by atoms with van der Waals surface area (Å²) >= 11 is 0. The van der Waals surface area contributed by atoms with E-state index in [1.165, 1.54) is 6.42 Å². The van der Waals surface area contributed by atoms with Crippen LogP contribution in [-0.2, 0) is 0 Å². The monoisotopic (exact) mass is 276 g/mol. The number of amides is 1. The Morgan fingerprint density at radius 1 is 1.45 bits per heavy atom. The first kappa shape index (κ1) is 14.8. The highest BCUT2D eigenvalue weighted by molar-refractivity contribution is 5.93. The van der Waals surface area contributed by atoms with Gasteiger partial charge in [0, 0.05) is 38.9 Å². The van der Waals surface area contributed by atoms with Crippen molar-refractivity contribution < 1.29 is 4.79 Å². The lowest BCUT2D eigenvalue weighted by atomic mass is 9.96. The molecule has 20 heavy (non-hydrogen) atoms. The number of nitrogens with zero attached hydrogens (tertiary/aromatic N) is 3. The highest BCUT2D eigenvalue weighted by Gasteiger charge is 2.27. The molecule has 1 fully saturated rings. The van der Waals surface area contributed by atoms with Gasteiger partial charge in [-0.1, -0.05) is 0 Å². The number of aromatic nitrogens is 1. The molecular weight excluding hydrogens is 252 g/mol. The van der Waals surface area contributed by atoms with Gasteiger partial charge < -0.3 is 15.5 Å². The van der Waals surface area contributed by atoms with Crippen LogP contribution in [0.4, 0.5) is 5.82 Å². The van der Waals surface area contributed by atoms with E-state index in [9.17, 15) is 4.79 Å². The van der Waals surface area contributed by atoms with Crippen molar-refractivity contribution in [1.82, 2.24) is 9.88 Å². The summed E-state index contributed by atoms with van der Waals surface area (Å²) in [5.41, 5.74) is 6.50. The molecule has 0 radical (unpaired) electrons. The fraction of sp³-hybridized carbons (Fsp3) is 0.600. The van der Waals surface area contributed by atoms with Crippen LogP contribution in [0.5, 0.6) is 0 Å². The topological polar surface area (TPSA) is 62.5 Å². The van der Waals surface area contributed by atoms with E-state index in [0.717, 1.165) is 18.7 Å². The Morgan fingerprint density at radius 2 is 2.20 bits per heavy atom. The van der Waals surface area contributed by atoms with Crippen molar-refractivity contribution in [1.29, 1.82) is 0 Å². The summed E-state index contributed by atoms with van der Waals surface area (Å²) in [6, 6.07) is 4.57. The molecule has 2 atom stereocenters. The number of rotatable bonds is 3. The summed E-state index contributed by atoms with van der Waals surface area (Å²) in [4.78, 5) is 20.2. The van der Waals surface area contributed by atoms with Gasteiger partial charge in [0.1, 0.15) is 5.82 Å². The van der Waals surface area contributed by atoms with E-state index in [1.807, 2.05) is 12.1 Å². The molecule has 1 saturated heterocycles. The Bertz CT molecular complexity index is 457. The minimum absolute atomic E-state index is 0.0221. The van der Waals surface area contributed by atoms with Crippen LogP contribution >= 0.6 is 0 Å². The molecule has 0 aromatic carbocycles. The summed E-state index contributed by atoms with van der Waals surface area (Å²) in [6.07, 6.45) is 5.15. The van der Waals surface area contributed by atoms with Crippen molar-refractivity contribution in [2.45, 2.75) is 38.3 Å². The molecule has 0 aliphatic carbocycles. The number of piperidine rings is 1. The molecule has 1 amide bonds. The number of hydrogen-bond acceptors (Lipinski definition) is 4. The first-order chi connectivity index (χ1) is 9.54. The van der Waals surface area contributed by atoms with Crippen LogP contribution in [0.25, 0.3) is 0 Å². The van der Waals surface area contributed by atoms with Crippen molar-refractivity contribution in [2.24, 2.45) is 5.73 Å². The predicted octanol–water partition coefficient (Wildman–Crippen LogP) is 1.49. The highest BCUT2D eigenvalue weighted by atomic mass is 16.2. The van der Waals surface area contributed by atoms with Crippen LogP contribution < -0.4 is 10.6 Å². The number of carbonyl (C=O) groups is 1. The van der Waals surface area contributed by atoms with Gasteiger partial charge in [-0.05, 0) is 38.3 Å². The number of carbonyl (C=O) groups excluding carboxylic acids is 1. The van der Waals surface area contributed by atoms with Crippen LogP contribution in [0, 0.1) is 0 Å². The van der Waals surface area contributed by atoms with Crippen LogP contribution in [0.15, 0.2) is 18.3 Å². The first-order valence-electron chi connectivity index (χ1n) is 7.20. The van der Waals surface area contributed by atoms with E-state index in [-0.39, 0.29) is 5.91 Å². The Hall–Kier alpha value is -1.62. The SMILES string of the molecule is CC1CCCC(CN)N1c1ccc(C(=O)N(C)C)cn1. The predicted molar refractivity (Wildman–Crippen MR) is 80.9 cm³/mol. The molecule has 2 unspecified atom stereocenters. The lowest BCUT2D eigenvalue weighted by Crippen LogP contribution is -2.49. The molecule has 1 aliphatic rings. The van der Waals surface area contributed by atoms with Crippen molar-refractivity contribution in [3.63, 3.8) is 0 Å². The lowest BCUT2D eigenvalue weighted by Gasteiger charge is -2.41. The lowest BCUT2D eigenvalue weighted by molar-refractivity contribution is 0.0827. The summed E-state index contributed by atoms with van der Waals surface area (Å²) < 4.78 is 0. The molecule has 5 heteroatoms. The summed E-state index contributed by atoms with van der Waals surface area (Å²) in [5.74, 6) is 0.897. The molecule has 0 bridgehead atoms. The van der Waals surface area contributed by atoms with Gasteiger partial charge in [0.05, 0.1) is 5.56 Å². The Labute approximate surface area is 120 Å². The van der Waals surface area contributed by atoms with Gasteiger partial charge in [0.2, 0.25) is 0 Å². The largest absolute Gasteiger partial charge is 0.350 e. The van der Waals surface area contributed by atoms with Crippen LogP contribution in [-0.4, -0.2) is 48.5 Å². The fourth-order valence-electron chi connectivity index (χ4n) is 2.85. The van der Waals surface area contributed by atoms with Gasteiger partial charge in [-0.2, -0.15) is 0 Å². The second-order valence-corrected chi connectivity index (χ2v) is 5.68. The molecule has 2 rings (SSSR count). The molecule has 5 nitrogen and oxygen atoms in total. The molecule has 0 spiro atoms. The van der Waals surface area contributed by atoms with Crippen molar-refractivity contribution in [3.8, 4) is 0 Å². The normalized spacial score (nSPS) is 22.7. The standard InChI is InChI=1S/C15H24N4O/c1-11-5-4-6-13(9-16)19(11)14-8-7-12(10-17-14)15(20)18(2)3/h7-8,10-11,13H,4-6,9,16H2,1-3H3. The van der Waals surface area contributed by atoms with E-state index < -0.39 is 0 Å². The third-order valence-corrected chi connectivity index (χ3v) is 3.97. The molecule has 0 saturated carbocycles. The maximum absolute atomic E-state index is 11.9. The Morgan fingerprint density at radius 3 is 2.75 bits per heavy atom. The van der Waals surface area contributed by atoms with Crippen LogP contribution in [0.2, 0.25) is 0 Å². The van der Waals surface area contributed by atoms with Gasteiger partial charge in [-0.15, -0.1) is 0 Å². The van der Waals surface area contributed by atoms with Gasteiger partial charge in [0.25, 0.3) is 5.91 Å². The Kier molecular flexibility index (Phi) is 4.60.